The Kier molecular flexibility index (Phi) is 3.42. The van der Waals surface area contributed by atoms with Gasteiger partial charge >= 0.3 is 0 Å². The van der Waals surface area contributed by atoms with Gasteiger partial charge in [0.15, 0.2) is 0 Å². The minimum atomic E-state index is -0.207. The normalized spacial score (nSPS) is 9.69. The van der Waals surface area contributed by atoms with Crippen LogP contribution < -0.4 is 17.0 Å². The van der Waals surface area contributed by atoms with Gasteiger partial charge in [-0.3, -0.25) is 10.2 Å². The van der Waals surface area contributed by atoms with E-state index < -0.39 is 0 Å². The third-order valence-electron chi connectivity index (χ3n) is 1.85. The minimum absolute atomic E-state index is 0.207. The van der Waals surface area contributed by atoms with E-state index in [0.717, 1.165) is 11.1 Å². The Balaban J connectivity index is 2.81. The average molecular weight is 179 g/mol. The highest BCUT2D eigenvalue weighted by atomic mass is 16.2. The molecule has 0 unspecified atom stereocenters. The van der Waals surface area contributed by atoms with E-state index in [-0.39, 0.29) is 12.3 Å². The van der Waals surface area contributed by atoms with Gasteiger partial charge < -0.3 is 5.73 Å². The van der Waals surface area contributed by atoms with Gasteiger partial charge in [-0.05, 0) is 11.1 Å². The number of carbonyl (C=O) groups is 1. The van der Waals surface area contributed by atoms with Gasteiger partial charge in [-0.15, -0.1) is 0 Å². The number of nitrogens with two attached hydrogens (primary N) is 2. The van der Waals surface area contributed by atoms with E-state index in [1.165, 1.54) is 0 Å². The molecule has 1 aromatic carbocycles. The number of hydrogen-bond acceptors (Lipinski definition) is 3. The SMILES string of the molecule is NCc1ccccc1CC(=O)NN. The average Bonchev–Trinajstić information content (AvgIpc) is 2.18. The first-order valence-electron chi connectivity index (χ1n) is 4.04. The highest BCUT2D eigenvalue weighted by Gasteiger charge is 2.04. The number of hydrogen-bond donors (Lipinski definition) is 3. The summed E-state index contributed by atoms with van der Waals surface area (Å²) in [5.74, 6) is 4.77. The van der Waals surface area contributed by atoms with Crippen LogP contribution in [0.2, 0.25) is 0 Å². The summed E-state index contributed by atoms with van der Waals surface area (Å²) in [6.07, 6.45) is 0.282. The van der Waals surface area contributed by atoms with Gasteiger partial charge in [0.2, 0.25) is 5.91 Å². The Morgan fingerprint density at radius 3 is 2.46 bits per heavy atom. The summed E-state index contributed by atoms with van der Waals surface area (Å²) in [7, 11) is 0. The summed E-state index contributed by atoms with van der Waals surface area (Å²) in [4.78, 5) is 11.0. The van der Waals surface area contributed by atoms with E-state index in [9.17, 15) is 4.79 Å². The molecule has 1 amide bonds. The highest BCUT2D eigenvalue weighted by molar-refractivity contribution is 5.78. The van der Waals surface area contributed by atoms with Gasteiger partial charge in [0.05, 0.1) is 6.42 Å². The van der Waals surface area contributed by atoms with Crippen molar-refractivity contribution in [3.63, 3.8) is 0 Å². The zero-order chi connectivity index (χ0) is 9.68. The first-order valence-corrected chi connectivity index (χ1v) is 4.04. The van der Waals surface area contributed by atoms with Crippen molar-refractivity contribution in [3.05, 3.63) is 35.4 Å². The van der Waals surface area contributed by atoms with Crippen LogP contribution in [-0.4, -0.2) is 5.91 Å². The smallest absolute Gasteiger partial charge is 0.238 e. The van der Waals surface area contributed by atoms with Crippen molar-refractivity contribution in [1.29, 1.82) is 0 Å². The van der Waals surface area contributed by atoms with Crippen LogP contribution in [0.3, 0.4) is 0 Å². The predicted molar refractivity (Wildman–Crippen MR) is 50.4 cm³/mol. The summed E-state index contributed by atoms with van der Waals surface area (Å²) in [5.41, 5.74) is 9.49. The highest BCUT2D eigenvalue weighted by Crippen LogP contribution is 2.08. The molecule has 0 aromatic heterocycles. The third-order valence-corrected chi connectivity index (χ3v) is 1.85. The molecule has 5 N–H and O–H groups in total. The molecule has 70 valence electrons. The second kappa shape index (κ2) is 4.59. The molecule has 0 aliphatic carbocycles. The molecule has 1 rings (SSSR count). The van der Waals surface area contributed by atoms with Crippen LogP contribution in [0.1, 0.15) is 11.1 Å². The van der Waals surface area contributed by atoms with E-state index in [4.69, 9.17) is 11.6 Å². The topological polar surface area (TPSA) is 81.1 Å². The van der Waals surface area contributed by atoms with E-state index in [1.807, 2.05) is 24.3 Å². The molecule has 0 spiro atoms. The molecule has 0 fully saturated rings. The molecule has 0 bridgehead atoms. The van der Waals surface area contributed by atoms with Gasteiger partial charge in [0, 0.05) is 6.54 Å². The van der Waals surface area contributed by atoms with Gasteiger partial charge in [-0.25, -0.2) is 5.84 Å². The van der Waals surface area contributed by atoms with Crippen molar-refractivity contribution >= 4 is 5.91 Å². The van der Waals surface area contributed by atoms with Crippen LogP contribution in [0.5, 0.6) is 0 Å². The molecule has 0 saturated heterocycles. The molecule has 4 heteroatoms. The van der Waals surface area contributed by atoms with Gasteiger partial charge in [0.25, 0.3) is 0 Å². The molecule has 0 saturated carbocycles. The first-order chi connectivity index (χ1) is 6.27. The maximum absolute atomic E-state index is 11.0. The number of nitrogens with one attached hydrogen (secondary N) is 1. The van der Waals surface area contributed by atoms with Crippen LogP contribution in [0.15, 0.2) is 24.3 Å². The number of rotatable bonds is 3. The predicted octanol–water partition coefficient (Wildman–Crippen LogP) is -0.322. The standard InChI is InChI=1S/C9H13N3O/c10-6-8-4-2-1-3-7(8)5-9(13)12-11/h1-4H,5-6,10-11H2,(H,12,13). The summed E-state index contributed by atoms with van der Waals surface area (Å²) in [5, 5.41) is 0. The summed E-state index contributed by atoms with van der Waals surface area (Å²) in [6, 6.07) is 7.54. The lowest BCUT2D eigenvalue weighted by molar-refractivity contribution is -0.120. The molecule has 0 atom stereocenters. The quantitative estimate of drug-likeness (QED) is 0.338. The molecular weight excluding hydrogens is 166 g/mol. The second-order valence-corrected chi connectivity index (χ2v) is 2.72. The largest absolute Gasteiger partial charge is 0.326 e. The third kappa shape index (κ3) is 2.54. The van der Waals surface area contributed by atoms with Crippen molar-refractivity contribution in [2.45, 2.75) is 13.0 Å². The van der Waals surface area contributed by atoms with E-state index in [1.54, 1.807) is 0 Å². The Morgan fingerprint density at radius 1 is 1.31 bits per heavy atom. The van der Waals surface area contributed by atoms with Gasteiger partial charge in [-0.2, -0.15) is 0 Å². The number of benzene rings is 1. The lowest BCUT2D eigenvalue weighted by Crippen LogP contribution is -2.31. The number of amides is 1. The monoisotopic (exact) mass is 179 g/mol. The van der Waals surface area contributed by atoms with Crippen molar-refractivity contribution in [2.24, 2.45) is 11.6 Å². The maximum atomic E-state index is 11.0. The Hall–Kier alpha value is -1.39. The summed E-state index contributed by atoms with van der Waals surface area (Å²) in [6.45, 7) is 0.439. The van der Waals surface area contributed by atoms with Crippen molar-refractivity contribution in [3.8, 4) is 0 Å². The van der Waals surface area contributed by atoms with Crippen LogP contribution in [0.25, 0.3) is 0 Å². The fourth-order valence-electron chi connectivity index (χ4n) is 1.15. The molecule has 0 heterocycles. The first kappa shape index (κ1) is 9.70. The van der Waals surface area contributed by atoms with Crippen molar-refractivity contribution in [1.82, 2.24) is 5.43 Å². The maximum Gasteiger partial charge on any atom is 0.238 e. The Morgan fingerprint density at radius 2 is 1.92 bits per heavy atom. The van der Waals surface area contributed by atoms with Crippen LogP contribution in [-0.2, 0) is 17.8 Å². The fraction of sp³-hybridized carbons (Fsp3) is 0.222. The Labute approximate surface area is 76.9 Å². The van der Waals surface area contributed by atoms with Gasteiger partial charge in [-0.1, -0.05) is 24.3 Å². The van der Waals surface area contributed by atoms with Crippen LogP contribution >= 0.6 is 0 Å². The fourth-order valence-corrected chi connectivity index (χ4v) is 1.15. The zero-order valence-corrected chi connectivity index (χ0v) is 7.29. The molecule has 4 nitrogen and oxygen atoms in total. The number of carbonyl (C=O) groups excluding carboxylic acids is 1. The molecule has 0 radical (unpaired) electrons. The van der Waals surface area contributed by atoms with Crippen molar-refractivity contribution < 1.29 is 4.79 Å². The van der Waals surface area contributed by atoms with Gasteiger partial charge in [0.1, 0.15) is 0 Å². The Bertz CT molecular complexity index is 299. The number of hydrazine groups is 1. The van der Waals surface area contributed by atoms with Crippen LogP contribution in [0.4, 0.5) is 0 Å². The van der Waals surface area contributed by atoms with E-state index in [0.29, 0.717) is 6.54 Å². The van der Waals surface area contributed by atoms with Crippen molar-refractivity contribution in [2.75, 3.05) is 0 Å². The van der Waals surface area contributed by atoms with E-state index >= 15 is 0 Å². The molecule has 13 heavy (non-hydrogen) atoms. The minimum Gasteiger partial charge on any atom is -0.326 e. The van der Waals surface area contributed by atoms with E-state index in [2.05, 4.69) is 5.43 Å². The lowest BCUT2D eigenvalue weighted by Gasteiger charge is -2.05. The van der Waals surface area contributed by atoms with Crippen LogP contribution in [0, 0.1) is 0 Å². The summed E-state index contributed by atoms with van der Waals surface area (Å²) < 4.78 is 0. The molecular formula is C9H13N3O. The summed E-state index contributed by atoms with van der Waals surface area (Å²) >= 11 is 0. The zero-order valence-electron chi connectivity index (χ0n) is 7.29. The lowest BCUT2D eigenvalue weighted by atomic mass is 10.0. The second-order valence-electron chi connectivity index (χ2n) is 2.72. The molecule has 1 aromatic rings. The molecule has 0 aliphatic rings. The molecule has 0 aliphatic heterocycles.